The molecule has 1 aromatic rings. The van der Waals surface area contributed by atoms with Crippen LogP contribution in [-0.2, 0) is 14.3 Å². The summed E-state index contributed by atoms with van der Waals surface area (Å²) in [7, 11) is 1.31. The zero-order valence-corrected chi connectivity index (χ0v) is 12.5. The van der Waals surface area contributed by atoms with Crippen LogP contribution in [0.25, 0.3) is 0 Å². The summed E-state index contributed by atoms with van der Waals surface area (Å²) in [5, 5.41) is 5.18. The van der Waals surface area contributed by atoms with Gasteiger partial charge < -0.3 is 19.8 Å². The average Bonchev–Trinajstić information content (AvgIpc) is 3.07. The highest BCUT2D eigenvalue weighted by Crippen LogP contribution is 2.29. The molecule has 0 spiro atoms. The second kappa shape index (κ2) is 7.11. The maximum atomic E-state index is 12.0. The lowest BCUT2D eigenvalue weighted by Gasteiger charge is -2.35. The van der Waals surface area contributed by atoms with E-state index >= 15 is 0 Å². The normalized spacial score (nSPS) is 16.6. The van der Waals surface area contributed by atoms with Crippen molar-refractivity contribution in [2.45, 2.75) is 37.6 Å². The molecule has 0 bridgehead atoms. The van der Waals surface area contributed by atoms with Crippen LogP contribution in [0.2, 0.25) is 0 Å². The maximum Gasteiger partial charge on any atom is 0.331 e. The first-order valence-corrected chi connectivity index (χ1v) is 7.28. The van der Waals surface area contributed by atoms with Gasteiger partial charge in [-0.1, -0.05) is 19.3 Å². The van der Waals surface area contributed by atoms with Gasteiger partial charge in [0.25, 0.3) is 5.91 Å². The van der Waals surface area contributed by atoms with Gasteiger partial charge in [-0.3, -0.25) is 9.59 Å². The van der Waals surface area contributed by atoms with Crippen molar-refractivity contribution in [2.24, 2.45) is 0 Å². The number of hydrogen-bond donors (Lipinski definition) is 2. The molecule has 0 atom stereocenters. The Bertz CT molecular complexity index is 532. The van der Waals surface area contributed by atoms with Crippen molar-refractivity contribution >= 4 is 17.8 Å². The fourth-order valence-electron chi connectivity index (χ4n) is 2.70. The Hall–Kier alpha value is -2.31. The van der Waals surface area contributed by atoms with E-state index in [1.807, 2.05) is 0 Å². The number of hydrogen-bond acceptors (Lipinski definition) is 5. The smallest absolute Gasteiger partial charge is 0.331 e. The van der Waals surface area contributed by atoms with E-state index in [-0.39, 0.29) is 12.3 Å². The predicted octanol–water partition coefficient (Wildman–Crippen LogP) is 1.00. The van der Waals surface area contributed by atoms with Crippen molar-refractivity contribution < 1.29 is 23.5 Å². The molecule has 1 saturated carbocycles. The van der Waals surface area contributed by atoms with Gasteiger partial charge in [0.15, 0.2) is 5.76 Å². The molecule has 1 aliphatic rings. The Kier molecular flexibility index (Phi) is 5.19. The molecule has 0 radical (unpaired) electrons. The third-order valence-electron chi connectivity index (χ3n) is 3.82. The number of carbonyl (C=O) groups is 3. The van der Waals surface area contributed by atoms with Crippen molar-refractivity contribution in [3.63, 3.8) is 0 Å². The highest BCUT2D eigenvalue weighted by molar-refractivity contribution is 5.95. The van der Waals surface area contributed by atoms with Crippen LogP contribution in [0.4, 0.5) is 0 Å². The van der Waals surface area contributed by atoms with Crippen LogP contribution < -0.4 is 10.6 Å². The number of nitrogens with one attached hydrogen (secondary N) is 2. The molecule has 2 N–H and O–H groups in total. The van der Waals surface area contributed by atoms with Gasteiger partial charge in [0, 0.05) is 0 Å². The van der Waals surface area contributed by atoms with Crippen LogP contribution in [-0.4, -0.2) is 37.0 Å². The number of carbonyl (C=O) groups excluding carboxylic acids is 3. The highest BCUT2D eigenvalue weighted by Gasteiger charge is 2.41. The Morgan fingerprint density at radius 3 is 2.59 bits per heavy atom. The summed E-state index contributed by atoms with van der Waals surface area (Å²) in [6, 6.07) is 3.09. The minimum Gasteiger partial charge on any atom is -0.467 e. The Labute approximate surface area is 128 Å². The molecule has 2 rings (SSSR count). The first kappa shape index (κ1) is 16.1. The number of ether oxygens (including phenoxy) is 1. The fraction of sp³-hybridized carbons (Fsp3) is 0.533. The van der Waals surface area contributed by atoms with E-state index in [1.165, 1.54) is 19.4 Å². The van der Waals surface area contributed by atoms with Crippen molar-refractivity contribution in [1.82, 2.24) is 10.6 Å². The number of furan rings is 1. The van der Waals surface area contributed by atoms with Crippen LogP contribution in [0, 0.1) is 0 Å². The molecule has 2 amide bonds. The molecule has 1 heterocycles. The SMILES string of the molecule is COC(=O)C1(NC(=O)CNC(=O)c2ccco2)CCCCC1. The summed E-state index contributed by atoms with van der Waals surface area (Å²) in [6.45, 7) is -0.224. The Morgan fingerprint density at radius 1 is 1.27 bits per heavy atom. The van der Waals surface area contributed by atoms with Crippen LogP contribution in [0.5, 0.6) is 0 Å². The second-order valence-corrected chi connectivity index (χ2v) is 5.34. The molecule has 1 aliphatic carbocycles. The first-order valence-electron chi connectivity index (χ1n) is 7.28. The van der Waals surface area contributed by atoms with E-state index in [2.05, 4.69) is 10.6 Å². The second-order valence-electron chi connectivity index (χ2n) is 5.34. The lowest BCUT2D eigenvalue weighted by atomic mass is 9.81. The van der Waals surface area contributed by atoms with Crippen LogP contribution in [0.3, 0.4) is 0 Å². The molecule has 1 aromatic heterocycles. The minimum absolute atomic E-state index is 0.133. The third kappa shape index (κ3) is 3.66. The quantitative estimate of drug-likeness (QED) is 0.791. The summed E-state index contributed by atoms with van der Waals surface area (Å²) in [6.07, 6.45) is 5.23. The number of amides is 2. The predicted molar refractivity (Wildman–Crippen MR) is 77.0 cm³/mol. The summed E-state index contributed by atoms with van der Waals surface area (Å²) in [5.41, 5.74) is -0.973. The van der Waals surface area contributed by atoms with Crippen molar-refractivity contribution in [3.05, 3.63) is 24.2 Å². The Morgan fingerprint density at radius 2 is 2.00 bits per heavy atom. The lowest BCUT2D eigenvalue weighted by molar-refractivity contribution is -0.152. The zero-order valence-electron chi connectivity index (χ0n) is 12.5. The van der Waals surface area contributed by atoms with Gasteiger partial charge in [-0.15, -0.1) is 0 Å². The van der Waals surface area contributed by atoms with E-state index in [4.69, 9.17) is 9.15 Å². The van der Waals surface area contributed by atoms with Gasteiger partial charge in [0.1, 0.15) is 5.54 Å². The molecule has 120 valence electrons. The largest absolute Gasteiger partial charge is 0.467 e. The average molecular weight is 308 g/mol. The highest BCUT2D eigenvalue weighted by atomic mass is 16.5. The van der Waals surface area contributed by atoms with Gasteiger partial charge in [-0.2, -0.15) is 0 Å². The van der Waals surface area contributed by atoms with Crippen molar-refractivity contribution in [1.29, 1.82) is 0 Å². The molecule has 0 aromatic carbocycles. The molecular weight excluding hydrogens is 288 g/mol. The van der Waals surface area contributed by atoms with Gasteiger partial charge in [-0.05, 0) is 25.0 Å². The topological polar surface area (TPSA) is 97.6 Å². The molecule has 7 heteroatoms. The van der Waals surface area contributed by atoms with E-state index < -0.39 is 23.3 Å². The first-order chi connectivity index (χ1) is 10.6. The summed E-state index contributed by atoms with van der Waals surface area (Å²) < 4.78 is 9.76. The van der Waals surface area contributed by atoms with Crippen LogP contribution >= 0.6 is 0 Å². The van der Waals surface area contributed by atoms with Crippen molar-refractivity contribution in [3.8, 4) is 0 Å². The monoisotopic (exact) mass is 308 g/mol. The third-order valence-corrected chi connectivity index (χ3v) is 3.82. The van der Waals surface area contributed by atoms with Gasteiger partial charge in [-0.25, -0.2) is 4.79 Å². The zero-order chi connectivity index (χ0) is 16.0. The van der Waals surface area contributed by atoms with E-state index in [0.717, 1.165) is 19.3 Å². The minimum atomic E-state index is -0.973. The number of esters is 1. The number of rotatable bonds is 5. The molecule has 0 saturated heterocycles. The molecule has 1 fully saturated rings. The fourth-order valence-corrected chi connectivity index (χ4v) is 2.70. The lowest BCUT2D eigenvalue weighted by Crippen LogP contribution is -2.57. The molecule has 7 nitrogen and oxygen atoms in total. The maximum absolute atomic E-state index is 12.0. The van der Waals surface area contributed by atoms with Crippen molar-refractivity contribution in [2.75, 3.05) is 13.7 Å². The van der Waals surface area contributed by atoms with E-state index in [9.17, 15) is 14.4 Å². The van der Waals surface area contributed by atoms with Gasteiger partial charge >= 0.3 is 5.97 Å². The standard InChI is InChI=1S/C15H20N2O5/c1-21-14(20)15(7-3-2-4-8-15)17-12(18)10-16-13(19)11-6-5-9-22-11/h5-6,9H,2-4,7-8,10H2,1H3,(H,16,19)(H,17,18). The molecule has 0 unspecified atom stereocenters. The summed E-state index contributed by atoms with van der Waals surface area (Å²) in [4.78, 5) is 35.8. The molecular formula is C15H20N2O5. The van der Waals surface area contributed by atoms with Gasteiger partial charge in [0.05, 0.1) is 19.9 Å². The summed E-state index contributed by atoms with van der Waals surface area (Å²) >= 11 is 0. The molecule has 22 heavy (non-hydrogen) atoms. The molecule has 0 aliphatic heterocycles. The van der Waals surface area contributed by atoms with Crippen LogP contribution in [0.15, 0.2) is 22.8 Å². The van der Waals surface area contributed by atoms with Crippen LogP contribution in [0.1, 0.15) is 42.7 Å². The van der Waals surface area contributed by atoms with E-state index in [1.54, 1.807) is 6.07 Å². The van der Waals surface area contributed by atoms with Gasteiger partial charge in [0.2, 0.25) is 5.91 Å². The van der Waals surface area contributed by atoms with E-state index in [0.29, 0.717) is 12.8 Å². The summed E-state index contributed by atoms with van der Waals surface area (Å²) in [5.74, 6) is -1.20. The number of methoxy groups -OCH3 is 1. The Balaban J connectivity index is 1.91.